The van der Waals surface area contributed by atoms with Crippen molar-refractivity contribution in [2.24, 2.45) is 0 Å². The van der Waals surface area contributed by atoms with E-state index in [0.717, 1.165) is 49.4 Å². The third kappa shape index (κ3) is 7.77. The molecule has 0 bridgehead atoms. The second-order valence-electron chi connectivity index (χ2n) is 12.5. The number of H-pyrrole nitrogens is 1. The van der Waals surface area contributed by atoms with Crippen LogP contribution in [-0.4, -0.2) is 79.9 Å². The summed E-state index contributed by atoms with van der Waals surface area (Å²) in [6.07, 6.45) is -0.960. The van der Waals surface area contributed by atoms with Gasteiger partial charge in [0.25, 0.3) is 11.8 Å². The molecule has 2 aromatic carbocycles. The second-order valence-corrected chi connectivity index (χ2v) is 12.5. The Balaban J connectivity index is 1.29. The molecule has 53 heavy (non-hydrogen) atoms. The number of nitrogens with zero attached hydrogens (tertiary/aromatic N) is 2. The number of nitrogens with one attached hydrogen (secondary N) is 4. The van der Waals surface area contributed by atoms with Crippen LogP contribution in [0.2, 0.25) is 0 Å². The number of benzene rings is 2. The molecule has 278 valence electrons. The first kappa shape index (κ1) is 36.8. The molecule has 4 N–H and O–H groups in total. The first-order chi connectivity index (χ1) is 25.4. The molecule has 2 aromatic heterocycles. The SMILES string of the molecule is C=CC(=O)Nc1cc(C(=O)Nc2cc(-c3cc4c([nH]3)C3(CCCNC3)CN(Cc3c(OC)cc(OC)cc3OC)C4=O)ccn2)ccc1OC(F)(F)F. The number of hydrogen-bond donors (Lipinski definition) is 4. The van der Waals surface area contributed by atoms with Crippen molar-refractivity contribution < 1.29 is 46.5 Å². The van der Waals surface area contributed by atoms with E-state index < -0.39 is 29.3 Å². The fourth-order valence-corrected chi connectivity index (χ4v) is 6.77. The predicted octanol–water partition coefficient (Wildman–Crippen LogP) is 5.66. The molecule has 1 spiro atoms. The van der Waals surface area contributed by atoms with Gasteiger partial charge < -0.3 is 44.8 Å². The quantitative estimate of drug-likeness (QED) is 0.143. The number of pyridine rings is 1. The summed E-state index contributed by atoms with van der Waals surface area (Å²) in [5, 5.41) is 8.37. The lowest BCUT2D eigenvalue weighted by Gasteiger charge is -2.45. The maximum Gasteiger partial charge on any atom is 0.573 e. The third-order valence-corrected chi connectivity index (χ3v) is 9.22. The Morgan fingerprint density at radius 3 is 2.42 bits per heavy atom. The largest absolute Gasteiger partial charge is 0.573 e. The van der Waals surface area contributed by atoms with Gasteiger partial charge in [-0.25, -0.2) is 4.98 Å². The lowest BCUT2D eigenvalue weighted by Crippen LogP contribution is -2.55. The normalized spacial score (nSPS) is 16.8. The summed E-state index contributed by atoms with van der Waals surface area (Å²) in [6.45, 7) is 5.45. The molecule has 0 aliphatic carbocycles. The van der Waals surface area contributed by atoms with Crippen LogP contribution in [0.1, 0.15) is 44.8 Å². The van der Waals surface area contributed by atoms with Crippen molar-refractivity contribution in [2.75, 3.05) is 51.6 Å². The minimum atomic E-state index is -5.04. The number of methoxy groups -OCH3 is 3. The average Bonchev–Trinajstić information content (AvgIpc) is 3.61. The number of anilines is 2. The minimum absolute atomic E-state index is 0.0797. The van der Waals surface area contributed by atoms with E-state index in [1.165, 1.54) is 6.20 Å². The molecule has 3 amide bonds. The lowest BCUT2D eigenvalue weighted by molar-refractivity contribution is -0.274. The monoisotopic (exact) mass is 734 g/mol. The molecule has 13 nitrogen and oxygen atoms in total. The van der Waals surface area contributed by atoms with Crippen molar-refractivity contribution >= 4 is 29.2 Å². The Labute approximate surface area is 302 Å². The number of carbonyl (C=O) groups excluding carboxylic acids is 3. The summed E-state index contributed by atoms with van der Waals surface area (Å²) in [5.41, 5.74) is 2.39. The van der Waals surface area contributed by atoms with Crippen LogP contribution < -0.4 is 34.9 Å². The summed E-state index contributed by atoms with van der Waals surface area (Å²) in [6, 6.07) is 11.7. The number of piperidine rings is 1. The van der Waals surface area contributed by atoms with Crippen molar-refractivity contribution in [3.63, 3.8) is 0 Å². The van der Waals surface area contributed by atoms with Gasteiger partial charge in [-0.15, -0.1) is 13.2 Å². The van der Waals surface area contributed by atoms with Crippen LogP contribution in [-0.2, 0) is 16.8 Å². The topological polar surface area (TPSA) is 156 Å². The van der Waals surface area contributed by atoms with Gasteiger partial charge in [0.05, 0.1) is 44.7 Å². The lowest BCUT2D eigenvalue weighted by atomic mass is 9.73. The number of ether oxygens (including phenoxy) is 4. The van der Waals surface area contributed by atoms with Gasteiger partial charge in [0, 0.05) is 59.3 Å². The summed E-state index contributed by atoms with van der Waals surface area (Å²) in [4.78, 5) is 48.9. The molecular formula is C37H37F3N6O7. The number of alkyl halides is 3. The molecule has 2 aliphatic heterocycles. The summed E-state index contributed by atoms with van der Waals surface area (Å²) in [5.74, 6) is -0.658. The van der Waals surface area contributed by atoms with Gasteiger partial charge in [-0.1, -0.05) is 6.58 Å². The minimum Gasteiger partial charge on any atom is -0.496 e. The Hall–Kier alpha value is -6.03. The number of amides is 3. The van der Waals surface area contributed by atoms with Crippen molar-refractivity contribution in [3.8, 4) is 34.3 Å². The summed E-state index contributed by atoms with van der Waals surface area (Å²) < 4.78 is 59.7. The van der Waals surface area contributed by atoms with Crippen molar-refractivity contribution in [3.05, 3.63) is 89.8 Å². The molecule has 1 unspecified atom stereocenters. The van der Waals surface area contributed by atoms with Gasteiger partial charge in [-0.3, -0.25) is 14.4 Å². The molecule has 6 rings (SSSR count). The van der Waals surface area contributed by atoms with Crippen molar-refractivity contribution in [1.29, 1.82) is 0 Å². The molecule has 4 aromatic rings. The fourth-order valence-electron chi connectivity index (χ4n) is 6.77. The fraction of sp³-hybridized carbons (Fsp3) is 0.297. The Bertz CT molecular complexity index is 2030. The van der Waals surface area contributed by atoms with Gasteiger partial charge in [0.2, 0.25) is 5.91 Å². The number of aromatic nitrogens is 2. The second kappa shape index (κ2) is 14.9. The predicted molar refractivity (Wildman–Crippen MR) is 189 cm³/mol. The van der Waals surface area contributed by atoms with Gasteiger partial charge in [0.15, 0.2) is 5.75 Å². The van der Waals surface area contributed by atoms with Crippen molar-refractivity contribution in [2.45, 2.75) is 31.2 Å². The Morgan fingerprint density at radius 1 is 1.02 bits per heavy atom. The highest BCUT2D eigenvalue weighted by atomic mass is 19.4. The number of hydrogen-bond acceptors (Lipinski definition) is 9. The highest BCUT2D eigenvalue weighted by Crippen LogP contribution is 2.43. The van der Waals surface area contributed by atoms with Gasteiger partial charge >= 0.3 is 6.36 Å². The van der Waals surface area contributed by atoms with E-state index in [4.69, 9.17) is 14.2 Å². The molecule has 1 atom stereocenters. The Morgan fingerprint density at radius 2 is 1.77 bits per heavy atom. The number of fused-ring (bicyclic) bond motifs is 2. The van der Waals surface area contributed by atoms with Gasteiger partial charge in [0.1, 0.15) is 23.1 Å². The first-order valence-corrected chi connectivity index (χ1v) is 16.5. The highest BCUT2D eigenvalue weighted by Gasteiger charge is 2.46. The molecule has 0 radical (unpaired) electrons. The van der Waals surface area contributed by atoms with E-state index in [1.54, 1.807) is 56.6 Å². The molecule has 0 saturated carbocycles. The smallest absolute Gasteiger partial charge is 0.496 e. The van der Waals surface area contributed by atoms with E-state index in [2.05, 4.69) is 37.2 Å². The molecule has 16 heteroatoms. The standard InChI is InChI=1S/C37H37F3N6O7/c1-5-32(47)43-27-13-22(7-8-28(27)53-37(38,39)40)34(48)45-31-14-21(9-12-42-31)26-17-24-33(44-26)36(10-6-11-41-19-36)20-46(35(24)49)18-25-29(51-3)15-23(50-2)16-30(25)52-4/h5,7-9,12-17,41,44H,1,6,10-11,18-20H2,2-4H3,(H,43,47)(H,42,45,48). The van der Waals surface area contributed by atoms with E-state index >= 15 is 0 Å². The van der Waals surface area contributed by atoms with Crippen molar-refractivity contribution in [1.82, 2.24) is 20.2 Å². The zero-order valence-electron chi connectivity index (χ0n) is 29.1. The van der Waals surface area contributed by atoms with E-state index in [-0.39, 0.29) is 29.5 Å². The van der Waals surface area contributed by atoms with Crippen LogP contribution in [0, 0.1) is 0 Å². The number of rotatable bonds is 11. The van der Waals surface area contributed by atoms with Crippen LogP contribution in [0.15, 0.2) is 67.4 Å². The van der Waals surface area contributed by atoms with E-state index in [1.807, 2.05) is 0 Å². The van der Waals surface area contributed by atoms with E-state index in [9.17, 15) is 27.6 Å². The molecule has 4 heterocycles. The number of halogens is 3. The van der Waals surface area contributed by atoms with Crippen LogP contribution in [0.5, 0.6) is 23.0 Å². The average molecular weight is 735 g/mol. The summed E-state index contributed by atoms with van der Waals surface area (Å²) in [7, 11) is 4.65. The maximum absolute atomic E-state index is 14.2. The van der Waals surface area contributed by atoms with Gasteiger partial charge in [-0.2, -0.15) is 0 Å². The number of aromatic amines is 1. The zero-order valence-corrected chi connectivity index (χ0v) is 29.1. The molecule has 1 saturated heterocycles. The zero-order chi connectivity index (χ0) is 37.9. The molecule has 2 aliphatic rings. The third-order valence-electron chi connectivity index (χ3n) is 9.22. The summed E-state index contributed by atoms with van der Waals surface area (Å²) >= 11 is 0. The van der Waals surface area contributed by atoms with Crippen LogP contribution in [0.25, 0.3) is 11.3 Å². The van der Waals surface area contributed by atoms with Crippen LogP contribution in [0.3, 0.4) is 0 Å². The number of carbonyl (C=O) groups is 3. The van der Waals surface area contributed by atoms with Crippen LogP contribution >= 0.6 is 0 Å². The van der Waals surface area contributed by atoms with E-state index in [0.29, 0.717) is 52.7 Å². The molecule has 1 fully saturated rings. The van der Waals surface area contributed by atoms with Gasteiger partial charge in [-0.05, 0) is 61.9 Å². The highest BCUT2D eigenvalue weighted by molar-refractivity contribution is 6.06. The maximum atomic E-state index is 14.2. The molecular weight excluding hydrogens is 697 g/mol. The Kier molecular flexibility index (Phi) is 10.3. The van der Waals surface area contributed by atoms with Crippen LogP contribution in [0.4, 0.5) is 24.7 Å². The first-order valence-electron chi connectivity index (χ1n) is 16.5.